The van der Waals surface area contributed by atoms with E-state index in [2.05, 4.69) is 15.4 Å². The average Bonchev–Trinajstić information content (AvgIpc) is 3.38. The summed E-state index contributed by atoms with van der Waals surface area (Å²) in [4.78, 5) is 17.1. The molecule has 0 saturated carbocycles. The summed E-state index contributed by atoms with van der Waals surface area (Å²) < 4.78 is 15.2. The molecule has 0 spiro atoms. The Hall–Kier alpha value is -2.84. The largest absolute Gasteiger partial charge is 0.352 e. The highest BCUT2D eigenvalue weighted by molar-refractivity contribution is 7.15. The maximum Gasteiger partial charge on any atom is 0.244 e. The number of nitrogens with zero attached hydrogens (tertiary/aromatic N) is 3. The normalized spacial score (nSPS) is 11.4. The number of amides is 1. The van der Waals surface area contributed by atoms with Crippen LogP contribution in [0.5, 0.6) is 0 Å². The van der Waals surface area contributed by atoms with Crippen molar-refractivity contribution >= 4 is 39.6 Å². The molecule has 136 valence electrons. The fraction of sp³-hybridized carbons (Fsp3) is 0.105. The number of benzene rings is 1. The van der Waals surface area contributed by atoms with Gasteiger partial charge in [-0.2, -0.15) is 16.3 Å². The Bertz CT molecular complexity index is 1100. The lowest BCUT2D eigenvalue weighted by Crippen LogP contribution is -2.23. The van der Waals surface area contributed by atoms with E-state index >= 15 is 0 Å². The molecular weight excluding hydrogens is 383 g/mol. The van der Waals surface area contributed by atoms with E-state index in [9.17, 15) is 9.18 Å². The van der Waals surface area contributed by atoms with Crippen LogP contribution in [-0.2, 0) is 11.2 Å². The summed E-state index contributed by atoms with van der Waals surface area (Å²) in [6.45, 7) is 0.494. The van der Waals surface area contributed by atoms with Gasteiger partial charge in [-0.15, -0.1) is 16.4 Å². The number of hydrogen-bond acceptors (Lipinski definition) is 5. The van der Waals surface area contributed by atoms with Crippen LogP contribution < -0.4 is 5.32 Å². The number of thiophene rings is 1. The zero-order valence-corrected chi connectivity index (χ0v) is 15.8. The van der Waals surface area contributed by atoms with Crippen LogP contribution in [0.2, 0.25) is 0 Å². The van der Waals surface area contributed by atoms with E-state index < -0.39 is 0 Å². The molecule has 1 aromatic carbocycles. The first-order valence-corrected chi connectivity index (χ1v) is 10.1. The Labute approximate surface area is 162 Å². The molecular formula is C19H15FN4OS2. The van der Waals surface area contributed by atoms with Gasteiger partial charge in [-0.3, -0.25) is 4.79 Å². The SMILES string of the molecule is O=C(C=Cc1ccsc1)NCCc1csc2nc(-c3cccc(F)c3)nn12. The highest BCUT2D eigenvalue weighted by Gasteiger charge is 2.12. The van der Waals surface area contributed by atoms with E-state index in [1.54, 1.807) is 34.1 Å². The average molecular weight is 398 g/mol. The maximum absolute atomic E-state index is 13.4. The minimum absolute atomic E-state index is 0.133. The Morgan fingerprint density at radius 3 is 3.04 bits per heavy atom. The fourth-order valence-corrected chi connectivity index (χ4v) is 4.05. The highest BCUT2D eigenvalue weighted by atomic mass is 32.1. The lowest BCUT2D eigenvalue weighted by molar-refractivity contribution is -0.116. The van der Waals surface area contributed by atoms with E-state index in [-0.39, 0.29) is 11.7 Å². The van der Waals surface area contributed by atoms with Crippen LogP contribution in [0.25, 0.3) is 22.4 Å². The first kappa shape index (κ1) is 17.6. The van der Waals surface area contributed by atoms with Crippen molar-refractivity contribution in [1.29, 1.82) is 0 Å². The van der Waals surface area contributed by atoms with Gasteiger partial charge in [0.1, 0.15) is 5.82 Å². The molecule has 0 radical (unpaired) electrons. The molecule has 5 nitrogen and oxygen atoms in total. The lowest BCUT2D eigenvalue weighted by atomic mass is 10.2. The van der Waals surface area contributed by atoms with Crippen molar-refractivity contribution in [1.82, 2.24) is 19.9 Å². The number of fused-ring (bicyclic) bond motifs is 1. The molecule has 0 aliphatic carbocycles. The molecule has 1 N–H and O–H groups in total. The van der Waals surface area contributed by atoms with Gasteiger partial charge in [-0.1, -0.05) is 12.1 Å². The molecule has 0 atom stereocenters. The smallest absolute Gasteiger partial charge is 0.244 e. The summed E-state index contributed by atoms with van der Waals surface area (Å²) in [5.41, 5.74) is 2.61. The van der Waals surface area contributed by atoms with Gasteiger partial charge in [-0.25, -0.2) is 8.91 Å². The van der Waals surface area contributed by atoms with Gasteiger partial charge in [0.25, 0.3) is 0 Å². The lowest BCUT2D eigenvalue weighted by Gasteiger charge is -2.01. The molecule has 0 aliphatic rings. The van der Waals surface area contributed by atoms with Crippen molar-refractivity contribution in [2.45, 2.75) is 6.42 Å². The first-order valence-electron chi connectivity index (χ1n) is 8.26. The zero-order chi connectivity index (χ0) is 18.6. The number of rotatable bonds is 6. The third-order valence-electron chi connectivity index (χ3n) is 3.88. The third-order valence-corrected chi connectivity index (χ3v) is 5.45. The van der Waals surface area contributed by atoms with Gasteiger partial charge >= 0.3 is 0 Å². The first-order chi connectivity index (χ1) is 13.2. The van der Waals surface area contributed by atoms with Crippen LogP contribution in [-0.4, -0.2) is 27.0 Å². The van der Waals surface area contributed by atoms with E-state index in [0.29, 0.717) is 24.4 Å². The number of halogens is 1. The molecule has 4 rings (SSSR count). The summed E-state index contributed by atoms with van der Waals surface area (Å²) in [6.07, 6.45) is 3.95. The van der Waals surface area contributed by atoms with Crippen molar-refractivity contribution in [2.75, 3.05) is 6.54 Å². The molecule has 4 aromatic rings. The van der Waals surface area contributed by atoms with Gasteiger partial charge in [-0.05, 0) is 40.6 Å². The number of carbonyl (C=O) groups excluding carboxylic acids is 1. The fourth-order valence-electron chi connectivity index (χ4n) is 2.56. The van der Waals surface area contributed by atoms with Crippen LogP contribution in [0.3, 0.4) is 0 Å². The van der Waals surface area contributed by atoms with Gasteiger partial charge < -0.3 is 5.32 Å². The van der Waals surface area contributed by atoms with Crippen LogP contribution >= 0.6 is 22.7 Å². The number of thiazole rings is 1. The molecule has 0 bridgehead atoms. The van der Waals surface area contributed by atoms with E-state index in [0.717, 1.165) is 16.2 Å². The quantitative estimate of drug-likeness (QED) is 0.499. The summed E-state index contributed by atoms with van der Waals surface area (Å²) in [6, 6.07) is 8.18. The van der Waals surface area contributed by atoms with Crippen LogP contribution in [0.1, 0.15) is 11.3 Å². The molecule has 1 amide bonds. The van der Waals surface area contributed by atoms with Crippen molar-refractivity contribution in [3.63, 3.8) is 0 Å². The molecule has 0 aliphatic heterocycles. The maximum atomic E-state index is 13.4. The molecule has 3 heterocycles. The number of aromatic nitrogens is 3. The topological polar surface area (TPSA) is 59.3 Å². The molecule has 0 unspecified atom stereocenters. The predicted octanol–water partition coefficient (Wildman–Crippen LogP) is 4.03. The summed E-state index contributed by atoms with van der Waals surface area (Å²) in [5.74, 6) is 0.0427. The number of hydrogen-bond donors (Lipinski definition) is 1. The molecule has 0 fully saturated rings. The Morgan fingerprint density at radius 1 is 1.30 bits per heavy atom. The van der Waals surface area contributed by atoms with Crippen molar-refractivity contribution in [3.8, 4) is 11.4 Å². The number of nitrogens with one attached hydrogen (secondary N) is 1. The number of carbonyl (C=O) groups is 1. The summed E-state index contributed by atoms with van der Waals surface area (Å²) in [5, 5.41) is 13.3. The van der Waals surface area contributed by atoms with Crippen LogP contribution in [0.4, 0.5) is 4.39 Å². The minimum atomic E-state index is -0.316. The highest BCUT2D eigenvalue weighted by Crippen LogP contribution is 2.21. The molecule has 3 aromatic heterocycles. The van der Waals surface area contributed by atoms with Gasteiger partial charge in [0.05, 0.1) is 5.69 Å². The molecule has 27 heavy (non-hydrogen) atoms. The molecule has 8 heteroatoms. The second-order valence-corrected chi connectivity index (χ2v) is 7.41. The third kappa shape index (κ3) is 4.12. The van der Waals surface area contributed by atoms with E-state index in [4.69, 9.17) is 0 Å². The zero-order valence-electron chi connectivity index (χ0n) is 14.1. The summed E-state index contributed by atoms with van der Waals surface area (Å²) in [7, 11) is 0. The van der Waals surface area contributed by atoms with Gasteiger partial charge in [0.15, 0.2) is 5.82 Å². The monoisotopic (exact) mass is 398 g/mol. The van der Waals surface area contributed by atoms with E-state index in [1.165, 1.54) is 29.5 Å². The van der Waals surface area contributed by atoms with Crippen LogP contribution in [0.15, 0.2) is 52.5 Å². The second kappa shape index (κ2) is 7.81. The Balaban J connectivity index is 1.40. The second-order valence-electron chi connectivity index (χ2n) is 5.80. The van der Waals surface area contributed by atoms with Gasteiger partial charge in [0.2, 0.25) is 10.9 Å². The van der Waals surface area contributed by atoms with Gasteiger partial charge in [0, 0.05) is 30.0 Å². The van der Waals surface area contributed by atoms with Crippen molar-refractivity contribution < 1.29 is 9.18 Å². The van der Waals surface area contributed by atoms with Crippen molar-refractivity contribution in [3.05, 3.63) is 69.6 Å². The summed E-state index contributed by atoms with van der Waals surface area (Å²) >= 11 is 3.06. The van der Waals surface area contributed by atoms with Crippen LogP contribution in [0, 0.1) is 5.82 Å². The van der Waals surface area contributed by atoms with Crippen molar-refractivity contribution in [2.24, 2.45) is 0 Å². The van der Waals surface area contributed by atoms with E-state index in [1.807, 2.05) is 22.2 Å². The minimum Gasteiger partial charge on any atom is -0.352 e. The Kier molecular flexibility index (Phi) is 5.08. The molecule has 0 saturated heterocycles. The Morgan fingerprint density at radius 2 is 2.22 bits per heavy atom. The standard InChI is InChI=1S/C19H15FN4OS2/c20-15-3-1-2-14(10-15)18-22-19-24(23-18)16(12-27-19)6-8-21-17(25)5-4-13-7-9-26-11-13/h1-5,7,9-12H,6,8H2,(H,21,25). The predicted molar refractivity (Wildman–Crippen MR) is 106 cm³/mol.